The smallest absolute Gasteiger partial charge is 0.253 e. The van der Waals surface area contributed by atoms with Gasteiger partial charge in [0, 0.05) is 32.1 Å². The Labute approximate surface area is 168 Å². The van der Waals surface area contributed by atoms with Crippen molar-refractivity contribution in [1.29, 1.82) is 0 Å². The maximum atomic E-state index is 12.7. The summed E-state index contributed by atoms with van der Waals surface area (Å²) in [5.74, 6) is 0.528. The van der Waals surface area contributed by atoms with Gasteiger partial charge in [0.1, 0.15) is 12.4 Å². The number of nitrogens with one attached hydrogen (secondary N) is 2. The molecule has 0 fully saturated rings. The highest BCUT2D eigenvalue weighted by Gasteiger charge is 2.28. The third kappa shape index (κ3) is 3.61. The van der Waals surface area contributed by atoms with E-state index in [9.17, 15) is 9.59 Å². The monoisotopic (exact) mass is 393 g/mol. The van der Waals surface area contributed by atoms with Crippen LogP contribution < -0.4 is 15.0 Å². The number of hydrogen-bond acceptors (Lipinski definition) is 5. The quantitative estimate of drug-likeness (QED) is 0.711. The van der Waals surface area contributed by atoms with E-state index in [0.717, 1.165) is 22.3 Å². The molecule has 4 rings (SSSR count). The molecule has 8 nitrogen and oxygen atoms in total. The number of likely N-dealkylation sites (N-methyl/N-ethyl adjacent to an activating group) is 1. The summed E-state index contributed by atoms with van der Waals surface area (Å²) in [5.41, 5.74) is 2.98. The first-order valence-corrected chi connectivity index (χ1v) is 9.37. The maximum Gasteiger partial charge on any atom is 0.253 e. The molecular weight excluding hydrogens is 370 g/mol. The number of aromatic nitrogens is 2. The minimum Gasteiger partial charge on any atom is -0.489 e. The molecule has 3 aromatic rings. The first-order chi connectivity index (χ1) is 13.9. The molecule has 8 heteroatoms. The highest BCUT2D eigenvalue weighted by Crippen LogP contribution is 2.35. The van der Waals surface area contributed by atoms with Crippen molar-refractivity contribution in [1.82, 2.24) is 15.1 Å². The third-order valence-electron chi connectivity index (χ3n) is 5.15. The number of benzene rings is 2. The van der Waals surface area contributed by atoms with Crippen LogP contribution in [0.2, 0.25) is 0 Å². The first kappa shape index (κ1) is 18.8. The van der Waals surface area contributed by atoms with Crippen molar-refractivity contribution in [3.05, 3.63) is 48.2 Å². The van der Waals surface area contributed by atoms with Crippen LogP contribution >= 0.6 is 0 Å². The minimum atomic E-state index is -0.143. The van der Waals surface area contributed by atoms with Crippen molar-refractivity contribution >= 4 is 34.1 Å². The molecule has 29 heavy (non-hydrogen) atoms. The number of H-pyrrole nitrogens is 1. The summed E-state index contributed by atoms with van der Waals surface area (Å²) in [5, 5.41) is 10.7. The zero-order valence-electron chi connectivity index (χ0n) is 16.6. The van der Waals surface area contributed by atoms with Crippen LogP contribution in [0.3, 0.4) is 0 Å². The summed E-state index contributed by atoms with van der Waals surface area (Å²) in [6, 6.07) is 10.9. The molecular formula is C21H23N5O3. The Kier molecular flexibility index (Phi) is 4.84. The molecule has 2 amide bonds. The average molecular weight is 393 g/mol. The predicted molar refractivity (Wildman–Crippen MR) is 111 cm³/mol. The molecule has 2 aromatic carbocycles. The highest BCUT2D eigenvalue weighted by molar-refractivity contribution is 6.01. The fourth-order valence-electron chi connectivity index (χ4n) is 3.49. The van der Waals surface area contributed by atoms with Gasteiger partial charge in [-0.15, -0.1) is 0 Å². The van der Waals surface area contributed by atoms with E-state index in [1.54, 1.807) is 32.4 Å². The van der Waals surface area contributed by atoms with E-state index >= 15 is 0 Å². The number of rotatable bonds is 4. The van der Waals surface area contributed by atoms with Crippen LogP contribution in [-0.2, 0) is 4.79 Å². The zero-order valence-corrected chi connectivity index (χ0v) is 16.6. The van der Waals surface area contributed by atoms with Crippen LogP contribution in [0.1, 0.15) is 16.8 Å². The van der Waals surface area contributed by atoms with Gasteiger partial charge in [0.2, 0.25) is 5.91 Å². The van der Waals surface area contributed by atoms with Crippen LogP contribution in [0.4, 0.5) is 11.4 Å². The molecule has 1 aliphatic rings. The number of fused-ring (bicyclic) bond motifs is 2. The summed E-state index contributed by atoms with van der Waals surface area (Å²) in [6.45, 7) is 0.397. The van der Waals surface area contributed by atoms with Gasteiger partial charge in [0.05, 0.1) is 35.6 Å². The van der Waals surface area contributed by atoms with E-state index < -0.39 is 0 Å². The number of anilines is 2. The second-order valence-electron chi connectivity index (χ2n) is 7.35. The van der Waals surface area contributed by atoms with Gasteiger partial charge >= 0.3 is 0 Å². The molecule has 1 atom stereocenters. The first-order valence-electron chi connectivity index (χ1n) is 9.37. The van der Waals surface area contributed by atoms with Crippen molar-refractivity contribution in [2.75, 3.05) is 38.0 Å². The molecule has 0 spiro atoms. The lowest BCUT2D eigenvalue weighted by atomic mass is 10.1. The van der Waals surface area contributed by atoms with Crippen molar-refractivity contribution in [2.45, 2.75) is 12.5 Å². The summed E-state index contributed by atoms with van der Waals surface area (Å²) in [4.78, 5) is 28.5. The molecule has 0 bridgehead atoms. The summed E-state index contributed by atoms with van der Waals surface area (Å²) in [7, 11) is 5.35. The number of hydrogen-bond donors (Lipinski definition) is 2. The van der Waals surface area contributed by atoms with E-state index in [4.69, 9.17) is 4.74 Å². The molecule has 0 unspecified atom stereocenters. The second-order valence-corrected chi connectivity index (χ2v) is 7.35. The molecule has 2 N–H and O–H groups in total. The van der Waals surface area contributed by atoms with E-state index in [1.165, 1.54) is 4.90 Å². The number of nitrogens with zero attached hydrogens (tertiary/aromatic N) is 3. The van der Waals surface area contributed by atoms with Gasteiger partial charge in [-0.1, -0.05) is 6.07 Å². The van der Waals surface area contributed by atoms with Gasteiger partial charge in [0.25, 0.3) is 5.91 Å². The molecule has 2 heterocycles. The van der Waals surface area contributed by atoms with E-state index in [2.05, 4.69) is 15.5 Å². The van der Waals surface area contributed by atoms with Gasteiger partial charge in [-0.25, -0.2) is 0 Å². The molecule has 150 valence electrons. The zero-order chi connectivity index (χ0) is 20.5. The Morgan fingerprint density at radius 1 is 1.31 bits per heavy atom. The van der Waals surface area contributed by atoms with Gasteiger partial charge in [-0.2, -0.15) is 5.10 Å². The van der Waals surface area contributed by atoms with Crippen molar-refractivity contribution < 1.29 is 14.3 Å². The third-order valence-corrected chi connectivity index (χ3v) is 5.15. The lowest BCUT2D eigenvalue weighted by Crippen LogP contribution is -2.42. The standard InChI is InChI=1S/C21H23N5O3/c1-25(2)21(28)13-7-8-19-18(9-13)26(3)14(12-29-19)10-20(27)23-16-5-4-6-17-15(16)11-22-24-17/h4-9,11,14H,10,12H2,1-3H3,(H,22,24)(H,23,27)/t14-/m0/s1. The van der Waals surface area contributed by atoms with Crippen molar-refractivity contribution in [3.63, 3.8) is 0 Å². The molecule has 0 saturated heterocycles. The van der Waals surface area contributed by atoms with E-state index in [1.807, 2.05) is 36.2 Å². The van der Waals surface area contributed by atoms with Crippen LogP contribution in [0.15, 0.2) is 42.6 Å². The van der Waals surface area contributed by atoms with Crippen molar-refractivity contribution in [3.8, 4) is 5.75 Å². The Morgan fingerprint density at radius 2 is 2.14 bits per heavy atom. The lowest BCUT2D eigenvalue weighted by Gasteiger charge is -2.35. The summed E-state index contributed by atoms with van der Waals surface area (Å²) in [6.07, 6.45) is 1.95. The van der Waals surface area contributed by atoms with Crippen LogP contribution in [0.5, 0.6) is 5.75 Å². The van der Waals surface area contributed by atoms with Gasteiger partial charge < -0.3 is 19.9 Å². The maximum absolute atomic E-state index is 12.7. The Morgan fingerprint density at radius 3 is 2.93 bits per heavy atom. The molecule has 0 radical (unpaired) electrons. The van der Waals surface area contributed by atoms with Gasteiger partial charge in [-0.3, -0.25) is 14.7 Å². The van der Waals surface area contributed by atoms with Gasteiger partial charge in [0.15, 0.2) is 0 Å². The molecule has 0 aliphatic carbocycles. The largest absolute Gasteiger partial charge is 0.489 e. The fraction of sp³-hybridized carbons (Fsp3) is 0.286. The number of carbonyl (C=O) groups excluding carboxylic acids is 2. The summed E-state index contributed by atoms with van der Waals surface area (Å²) < 4.78 is 5.85. The lowest BCUT2D eigenvalue weighted by molar-refractivity contribution is -0.116. The highest BCUT2D eigenvalue weighted by atomic mass is 16.5. The molecule has 0 saturated carbocycles. The van der Waals surface area contributed by atoms with Crippen LogP contribution in [-0.4, -0.2) is 60.7 Å². The number of ether oxygens (including phenoxy) is 1. The normalized spacial score (nSPS) is 15.6. The average Bonchev–Trinajstić information content (AvgIpc) is 3.19. The van der Waals surface area contributed by atoms with E-state index in [0.29, 0.717) is 17.9 Å². The second kappa shape index (κ2) is 7.46. The van der Waals surface area contributed by atoms with Crippen LogP contribution in [0.25, 0.3) is 10.9 Å². The Balaban J connectivity index is 1.49. The van der Waals surface area contributed by atoms with E-state index in [-0.39, 0.29) is 24.3 Å². The van der Waals surface area contributed by atoms with Crippen molar-refractivity contribution in [2.24, 2.45) is 0 Å². The summed E-state index contributed by atoms with van der Waals surface area (Å²) >= 11 is 0. The van der Waals surface area contributed by atoms with Crippen LogP contribution in [0, 0.1) is 0 Å². The fourth-order valence-corrected chi connectivity index (χ4v) is 3.49. The topological polar surface area (TPSA) is 90.6 Å². The number of aromatic amines is 1. The Bertz CT molecular complexity index is 1080. The predicted octanol–water partition coefficient (Wildman–Crippen LogP) is 2.49. The van der Waals surface area contributed by atoms with Gasteiger partial charge in [-0.05, 0) is 30.3 Å². The Hall–Kier alpha value is -3.55. The number of carbonyl (C=O) groups is 2. The molecule has 1 aliphatic heterocycles. The number of amides is 2. The molecule has 1 aromatic heterocycles. The minimum absolute atomic E-state index is 0.0747. The SMILES string of the molecule is CN(C)C(=O)c1ccc2c(c1)N(C)[C@@H](CC(=O)Nc1cccc3[nH]ncc13)CO2.